The van der Waals surface area contributed by atoms with Gasteiger partial charge in [-0.2, -0.15) is 0 Å². The molecule has 2 aliphatic rings. The molecular weight excluding hydrogens is 221 g/mol. The quantitative estimate of drug-likeness (QED) is 0.687. The lowest BCUT2D eigenvalue weighted by Crippen LogP contribution is -2.46. The number of nitrogens with two attached hydrogens (primary N) is 1. The Hall–Kier alpha value is -0.670. The van der Waals surface area contributed by atoms with E-state index in [2.05, 4.69) is 4.99 Å². The first kappa shape index (κ1) is 9.87. The molecule has 14 heavy (non-hydrogen) atoms. The summed E-state index contributed by atoms with van der Waals surface area (Å²) in [5, 5.41) is 1.29. The lowest BCUT2D eigenvalue weighted by Gasteiger charge is -2.34. The fourth-order valence-electron chi connectivity index (χ4n) is 1.68. The van der Waals surface area contributed by atoms with Gasteiger partial charge in [0, 0.05) is 24.5 Å². The lowest BCUT2D eigenvalue weighted by atomic mass is 9.93. The normalized spacial score (nSPS) is 31.6. The molecule has 0 aromatic carbocycles. The van der Waals surface area contributed by atoms with Crippen molar-refractivity contribution in [2.24, 2.45) is 16.6 Å². The maximum Gasteiger partial charge on any atom is 0.191 e. The van der Waals surface area contributed by atoms with Crippen molar-refractivity contribution in [3.8, 4) is 0 Å². The molecule has 0 saturated carbocycles. The van der Waals surface area contributed by atoms with Gasteiger partial charge >= 0.3 is 0 Å². The van der Waals surface area contributed by atoms with Gasteiger partial charge in [0.1, 0.15) is 0 Å². The van der Waals surface area contributed by atoms with Gasteiger partial charge in [0.2, 0.25) is 0 Å². The molecule has 1 aliphatic carbocycles. The van der Waals surface area contributed by atoms with Crippen LogP contribution in [0.2, 0.25) is 0 Å². The van der Waals surface area contributed by atoms with Crippen LogP contribution in [0.15, 0.2) is 27.2 Å². The van der Waals surface area contributed by atoms with Gasteiger partial charge in [0.15, 0.2) is 5.96 Å². The van der Waals surface area contributed by atoms with E-state index in [-0.39, 0.29) is 12.0 Å². The van der Waals surface area contributed by atoms with E-state index in [0.717, 1.165) is 6.54 Å². The average molecular weight is 232 g/mol. The Morgan fingerprint density at radius 3 is 3.00 bits per heavy atom. The van der Waals surface area contributed by atoms with E-state index in [1.54, 1.807) is 6.08 Å². The van der Waals surface area contributed by atoms with Gasteiger partial charge in [-0.3, -0.25) is 0 Å². The van der Waals surface area contributed by atoms with Crippen molar-refractivity contribution in [2.45, 2.75) is 6.04 Å². The molecule has 1 heterocycles. The van der Waals surface area contributed by atoms with Crippen LogP contribution < -0.4 is 5.73 Å². The summed E-state index contributed by atoms with van der Waals surface area (Å²) < 4.78 is 0. The molecule has 2 rings (SSSR count). The first-order chi connectivity index (χ1) is 6.59. The van der Waals surface area contributed by atoms with Gasteiger partial charge in [0.25, 0.3) is 0 Å². The summed E-state index contributed by atoms with van der Waals surface area (Å²) in [7, 11) is 1.89. The van der Waals surface area contributed by atoms with E-state index >= 15 is 0 Å². The molecule has 0 aromatic heterocycles. The zero-order valence-electron chi connectivity index (χ0n) is 7.74. The number of guanidine groups is 1. The second-order valence-corrected chi connectivity index (χ2v) is 4.33. The topological polar surface area (TPSA) is 41.6 Å². The minimum Gasteiger partial charge on any atom is -0.370 e. The summed E-state index contributed by atoms with van der Waals surface area (Å²) in [6.07, 6.45) is 3.73. The zero-order chi connectivity index (χ0) is 10.3. The molecule has 0 fully saturated rings. The number of hydrogen-bond acceptors (Lipinski definition) is 3. The van der Waals surface area contributed by atoms with Crippen LogP contribution in [0.1, 0.15) is 0 Å². The highest BCUT2D eigenvalue weighted by Crippen LogP contribution is 2.34. The lowest BCUT2D eigenvalue weighted by molar-refractivity contribution is 0.368. The maximum absolute atomic E-state index is 6.11. The number of aliphatic imine (C=N–C) groups is 1. The van der Waals surface area contributed by atoms with Gasteiger partial charge in [-0.05, 0) is 6.08 Å². The fourth-order valence-corrected chi connectivity index (χ4v) is 2.16. The third-order valence-corrected chi connectivity index (χ3v) is 3.46. The standard InChI is InChI=1S/C9H11Cl2N3/c1-14-4-5-7(13-9(14)12)3-2-6(10)8(5)11/h2-3,5,7H,4H2,1H3,(H2,12,13). The molecule has 2 unspecified atom stereocenters. The van der Waals surface area contributed by atoms with Crippen LogP contribution in [-0.4, -0.2) is 30.5 Å². The van der Waals surface area contributed by atoms with E-state index in [4.69, 9.17) is 28.9 Å². The Labute approximate surface area is 92.9 Å². The zero-order valence-corrected chi connectivity index (χ0v) is 9.26. The molecule has 1 aliphatic heterocycles. The summed E-state index contributed by atoms with van der Waals surface area (Å²) >= 11 is 12.0. The molecule has 0 bridgehead atoms. The van der Waals surface area contributed by atoms with E-state index in [9.17, 15) is 0 Å². The monoisotopic (exact) mass is 231 g/mol. The molecule has 0 saturated heterocycles. The highest BCUT2D eigenvalue weighted by molar-refractivity contribution is 6.40. The van der Waals surface area contributed by atoms with Crippen molar-refractivity contribution in [1.82, 2.24) is 4.90 Å². The van der Waals surface area contributed by atoms with Crippen molar-refractivity contribution >= 4 is 29.2 Å². The molecular formula is C9H11Cl2N3. The summed E-state index contributed by atoms with van der Waals surface area (Å²) in [6, 6.07) is 0.0428. The van der Waals surface area contributed by atoms with Crippen LogP contribution in [0.3, 0.4) is 0 Å². The van der Waals surface area contributed by atoms with Crippen molar-refractivity contribution in [3.63, 3.8) is 0 Å². The smallest absolute Gasteiger partial charge is 0.191 e. The molecule has 5 heteroatoms. The second-order valence-electron chi connectivity index (χ2n) is 3.52. The van der Waals surface area contributed by atoms with Gasteiger partial charge in [-0.25, -0.2) is 4.99 Å². The largest absolute Gasteiger partial charge is 0.370 e. The maximum atomic E-state index is 6.11. The number of halogens is 2. The predicted octanol–water partition coefficient (Wildman–Crippen LogP) is 1.49. The summed E-state index contributed by atoms with van der Waals surface area (Å²) in [5.74, 6) is 0.699. The molecule has 0 spiro atoms. The van der Waals surface area contributed by atoms with Gasteiger partial charge in [0.05, 0.1) is 11.1 Å². The van der Waals surface area contributed by atoms with Crippen molar-refractivity contribution in [1.29, 1.82) is 0 Å². The predicted molar refractivity (Wildman–Crippen MR) is 59.4 cm³/mol. The number of nitrogens with zero attached hydrogens (tertiary/aromatic N) is 2. The second kappa shape index (κ2) is 3.48. The third-order valence-electron chi connectivity index (χ3n) is 2.55. The summed E-state index contributed by atoms with van der Waals surface area (Å²) in [6.45, 7) is 0.763. The van der Waals surface area contributed by atoms with E-state index in [1.807, 2.05) is 18.0 Å². The van der Waals surface area contributed by atoms with Crippen LogP contribution in [0.4, 0.5) is 0 Å². The SMILES string of the molecule is CN1CC2C(Cl)=C(Cl)C=CC2N=C1N. The van der Waals surface area contributed by atoms with E-state index in [1.165, 1.54) is 0 Å². The minimum atomic E-state index is 0.0428. The highest BCUT2D eigenvalue weighted by atomic mass is 35.5. The van der Waals surface area contributed by atoms with Crippen molar-refractivity contribution in [3.05, 3.63) is 22.2 Å². The van der Waals surface area contributed by atoms with Crippen LogP contribution in [0.5, 0.6) is 0 Å². The van der Waals surface area contributed by atoms with Crippen LogP contribution in [0.25, 0.3) is 0 Å². The van der Waals surface area contributed by atoms with Gasteiger partial charge < -0.3 is 10.6 Å². The number of hydrogen-bond donors (Lipinski definition) is 1. The Kier molecular flexibility index (Phi) is 2.45. The fraction of sp³-hybridized carbons (Fsp3) is 0.444. The number of rotatable bonds is 0. The van der Waals surface area contributed by atoms with Gasteiger partial charge in [-0.15, -0.1) is 0 Å². The number of allylic oxidation sites excluding steroid dienone is 2. The van der Waals surface area contributed by atoms with Crippen LogP contribution in [0, 0.1) is 5.92 Å². The first-order valence-electron chi connectivity index (χ1n) is 4.37. The Balaban J connectivity index is 2.34. The van der Waals surface area contributed by atoms with E-state index in [0.29, 0.717) is 16.0 Å². The molecule has 0 amide bonds. The molecule has 3 nitrogen and oxygen atoms in total. The molecule has 76 valence electrons. The molecule has 2 N–H and O–H groups in total. The molecule has 2 atom stereocenters. The van der Waals surface area contributed by atoms with E-state index < -0.39 is 0 Å². The summed E-state index contributed by atoms with van der Waals surface area (Å²) in [5.41, 5.74) is 5.72. The van der Waals surface area contributed by atoms with Crippen molar-refractivity contribution in [2.75, 3.05) is 13.6 Å². The first-order valence-corrected chi connectivity index (χ1v) is 5.13. The Morgan fingerprint density at radius 1 is 1.57 bits per heavy atom. The third kappa shape index (κ3) is 1.51. The van der Waals surface area contributed by atoms with Crippen LogP contribution in [-0.2, 0) is 0 Å². The van der Waals surface area contributed by atoms with Gasteiger partial charge in [-0.1, -0.05) is 29.3 Å². The number of fused-ring (bicyclic) bond motifs is 1. The van der Waals surface area contributed by atoms with Crippen LogP contribution >= 0.6 is 23.2 Å². The Bertz CT molecular complexity index is 346. The highest BCUT2D eigenvalue weighted by Gasteiger charge is 2.32. The Morgan fingerprint density at radius 2 is 2.29 bits per heavy atom. The molecule has 0 radical (unpaired) electrons. The molecule has 0 aromatic rings. The van der Waals surface area contributed by atoms with Crippen molar-refractivity contribution < 1.29 is 0 Å². The summed E-state index contributed by atoms with van der Waals surface area (Å²) in [4.78, 5) is 6.21. The minimum absolute atomic E-state index is 0.0428. The average Bonchev–Trinajstić information content (AvgIpc) is 2.15.